The Hall–Kier alpha value is -3.44. The number of hydrogen-bond acceptors (Lipinski definition) is 3. The van der Waals surface area contributed by atoms with E-state index in [2.05, 4.69) is 56.2 Å². The average molecular weight is 561 g/mol. The second-order valence-corrected chi connectivity index (χ2v) is 12.6. The summed E-state index contributed by atoms with van der Waals surface area (Å²) in [6.07, 6.45) is 8.77. The van der Waals surface area contributed by atoms with Gasteiger partial charge in [0.05, 0.1) is 23.8 Å². The molecule has 40 heavy (non-hydrogen) atoms. The number of aryl methyl sites for hydroxylation is 1. The van der Waals surface area contributed by atoms with Crippen LogP contribution in [0, 0.1) is 33.6 Å². The molecule has 0 aliphatic carbocycles. The predicted molar refractivity (Wildman–Crippen MR) is 164 cm³/mol. The molecule has 3 aromatic rings. The first kappa shape index (κ1) is 31.1. The fourth-order valence-corrected chi connectivity index (χ4v) is 6.93. The van der Waals surface area contributed by atoms with E-state index in [1.165, 1.54) is 11.1 Å². The van der Waals surface area contributed by atoms with E-state index in [1.54, 1.807) is 20.8 Å². The molecule has 7 heteroatoms. The van der Waals surface area contributed by atoms with E-state index < -0.39 is 22.7 Å². The molecule has 1 saturated heterocycles. The number of rotatable bonds is 5. The molecule has 1 unspecified atom stereocenters. The molecule has 0 spiro atoms. The van der Waals surface area contributed by atoms with Crippen LogP contribution >= 0.6 is 0 Å². The van der Waals surface area contributed by atoms with Crippen LogP contribution in [-0.2, 0) is 35.4 Å². The lowest BCUT2D eigenvalue weighted by Crippen LogP contribution is -2.28. The Bertz CT molecular complexity index is 1390. The molecular formula is C33H40N2O4S. The Kier molecular flexibility index (Phi) is 9.96. The van der Waals surface area contributed by atoms with E-state index in [0.29, 0.717) is 6.54 Å². The fourth-order valence-electron chi connectivity index (χ4n) is 5.32. The Morgan fingerprint density at radius 2 is 1.57 bits per heavy atom. The van der Waals surface area contributed by atoms with Crippen molar-refractivity contribution in [1.29, 1.82) is 0 Å². The summed E-state index contributed by atoms with van der Waals surface area (Å²) in [4.78, 5) is 11.8. The lowest BCUT2D eigenvalue weighted by atomic mass is 9.85. The third kappa shape index (κ3) is 7.00. The molecule has 0 bridgehead atoms. The highest BCUT2D eigenvalue weighted by Crippen LogP contribution is 2.47. The van der Waals surface area contributed by atoms with Gasteiger partial charge in [-0.15, -0.1) is 12.8 Å². The molecule has 2 aliphatic heterocycles. The summed E-state index contributed by atoms with van der Waals surface area (Å²) in [5.74, 6) is -0.853. The summed E-state index contributed by atoms with van der Waals surface area (Å²) in [6, 6.07) is 18.5. The topological polar surface area (TPSA) is 81.1 Å². The average Bonchev–Trinajstić information content (AvgIpc) is 3.41. The quantitative estimate of drug-likeness (QED) is 0.389. The minimum Gasteiger partial charge on any atom is -0.481 e. The highest BCUT2D eigenvalue weighted by atomic mass is 32.2. The van der Waals surface area contributed by atoms with Gasteiger partial charge in [0.25, 0.3) is 0 Å². The molecule has 0 amide bonds. The lowest BCUT2D eigenvalue weighted by molar-refractivity contribution is -0.136. The molecule has 3 aromatic carbocycles. The smallest absolute Gasteiger partial charge is 0.307 e. The first-order chi connectivity index (χ1) is 18.8. The first-order valence-electron chi connectivity index (χ1n) is 13.3. The maximum absolute atomic E-state index is 13.6. The Morgan fingerprint density at radius 1 is 1.00 bits per heavy atom. The number of aliphatic hydroxyl groups is 1. The summed E-state index contributed by atoms with van der Waals surface area (Å²) in [6.45, 7) is 12.7. The van der Waals surface area contributed by atoms with Gasteiger partial charge < -0.3 is 10.2 Å². The van der Waals surface area contributed by atoms with E-state index in [4.69, 9.17) is 5.11 Å². The van der Waals surface area contributed by atoms with Gasteiger partial charge in [0.1, 0.15) is 0 Å². The van der Waals surface area contributed by atoms with Crippen molar-refractivity contribution in [2.75, 3.05) is 10.8 Å². The van der Waals surface area contributed by atoms with Gasteiger partial charge in [-0.25, -0.2) is 8.51 Å². The van der Waals surface area contributed by atoms with Gasteiger partial charge in [-0.1, -0.05) is 60.2 Å². The fraction of sp³-hybridized carbons (Fsp3) is 0.364. The van der Waals surface area contributed by atoms with Gasteiger partial charge in [0, 0.05) is 13.1 Å². The Labute approximate surface area is 241 Å². The zero-order chi connectivity index (χ0) is 29.8. The van der Waals surface area contributed by atoms with Crippen LogP contribution in [0.5, 0.6) is 0 Å². The summed E-state index contributed by atoms with van der Waals surface area (Å²) < 4.78 is 17.6. The third-order valence-electron chi connectivity index (χ3n) is 6.89. The predicted octanol–water partition coefficient (Wildman–Crippen LogP) is 5.76. The van der Waals surface area contributed by atoms with Crippen LogP contribution in [-0.4, -0.2) is 42.9 Å². The number of carboxylic acids is 1. The van der Waals surface area contributed by atoms with Crippen molar-refractivity contribution in [2.45, 2.75) is 72.6 Å². The molecule has 212 valence electrons. The summed E-state index contributed by atoms with van der Waals surface area (Å²) in [5.41, 5.74) is 8.91. The van der Waals surface area contributed by atoms with Gasteiger partial charge in [-0.2, -0.15) is 0 Å². The van der Waals surface area contributed by atoms with Crippen LogP contribution in [0.3, 0.4) is 0 Å². The van der Waals surface area contributed by atoms with Crippen molar-refractivity contribution in [1.82, 2.24) is 4.31 Å². The van der Waals surface area contributed by atoms with Gasteiger partial charge in [0.15, 0.2) is 11.2 Å². The largest absolute Gasteiger partial charge is 0.481 e. The number of carboxylic acid groups (broad SMARTS) is 1. The number of carbonyl (C=O) groups is 1. The highest BCUT2D eigenvalue weighted by Gasteiger charge is 2.45. The standard InChI is InChI=1S/C27H28N2O3S.C4H10O.C2H2/c1-17-9-11-21(12-10-17)26-18(2)24-13-22-16-28(15-20-7-5-4-6-8-20)33(32)29(22)27(24)19(3)23(26)14-25(30)31;1-4(2,3)5;1-2/h4-12,22H,13-16H2,1-3H3,(H,30,31);5H,1-3H3;1-2H/t22-,33?;;/m1../s1. The van der Waals surface area contributed by atoms with E-state index in [1.807, 2.05) is 40.7 Å². The molecule has 0 radical (unpaired) electrons. The van der Waals surface area contributed by atoms with E-state index >= 15 is 0 Å². The van der Waals surface area contributed by atoms with E-state index in [-0.39, 0.29) is 12.5 Å². The van der Waals surface area contributed by atoms with Crippen molar-refractivity contribution in [3.8, 4) is 24.0 Å². The molecule has 1 fully saturated rings. The number of anilines is 1. The number of fused-ring (bicyclic) bond motifs is 3. The second kappa shape index (κ2) is 12.8. The normalized spacial score (nSPS) is 17.7. The maximum Gasteiger partial charge on any atom is 0.307 e. The number of nitrogens with zero attached hydrogens (tertiary/aromatic N) is 2. The van der Waals surface area contributed by atoms with Crippen LogP contribution in [0.4, 0.5) is 5.69 Å². The third-order valence-corrected chi connectivity index (χ3v) is 8.43. The molecule has 2 heterocycles. The maximum atomic E-state index is 13.6. The lowest BCUT2D eigenvalue weighted by Gasteiger charge is -2.25. The summed E-state index contributed by atoms with van der Waals surface area (Å²) in [5, 5.41) is 18.2. The summed E-state index contributed by atoms with van der Waals surface area (Å²) in [7, 11) is 0. The molecular weight excluding hydrogens is 520 g/mol. The molecule has 0 aromatic heterocycles. The van der Waals surface area contributed by atoms with Crippen molar-refractivity contribution in [2.24, 2.45) is 0 Å². The molecule has 2 aliphatic rings. The highest BCUT2D eigenvalue weighted by molar-refractivity contribution is 7.84. The van der Waals surface area contributed by atoms with Crippen LogP contribution < -0.4 is 4.31 Å². The van der Waals surface area contributed by atoms with Gasteiger partial charge >= 0.3 is 5.97 Å². The van der Waals surface area contributed by atoms with E-state index in [0.717, 1.165) is 52.0 Å². The zero-order valence-electron chi connectivity index (χ0n) is 24.3. The van der Waals surface area contributed by atoms with Gasteiger partial charge in [0.2, 0.25) is 0 Å². The molecule has 0 saturated carbocycles. The number of hydrogen-bond donors (Lipinski definition) is 2. The van der Waals surface area contributed by atoms with Crippen molar-refractivity contribution in [3.05, 3.63) is 88.0 Å². The zero-order valence-corrected chi connectivity index (χ0v) is 25.1. The summed E-state index contributed by atoms with van der Waals surface area (Å²) >= 11 is -1.30. The van der Waals surface area contributed by atoms with Gasteiger partial charge in [-0.05, 0) is 86.9 Å². The van der Waals surface area contributed by atoms with Crippen LogP contribution in [0.1, 0.15) is 54.2 Å². The SMILES string of the molecule is C#C.CC(C)(C)O.Cc1ccc(-c2c(C)c3c(c(C)c2CC(=O)O)N2[C@H](C3)CN(Cc3ccccc3)S2=O)cc1. The van der Waals surface area contributed by atoms with Crippen LogP contribution in [0.2, 0.25) is 0 Å². The minimum atomic E-state index is -1.30. The van der Waals surface area contributed by atoms with Crippen molar-refractivity contribution >= 4 is 22.8 Å². The van der Waals surface area contributed by atoms with E-state index in [9.17, 15) is 14.1 Å². The molecule has 2 N–H and O–H groups in total. The van der Waals surface area contributed by atoms with Gasteiger partial charge in [-0.3, -0.25) is 9.10 Å². The van der Waals surface area contributed by atoms with Crippen molar-refractivity contribution in [3.63, 3.8) is 0 Å². The Balaban J connectivity index is 0.000000570. The van der Waals surface area contributed by atoms with Crippen molar-refractivity contribution < 1.29 is 19.2 Å². The molecule has 6 nitrogen and oxygen atoms in total. The molecule has 5 rings (SSSR count). The number of benzene rings is 3. The molecule has 2 atom stereocenters. The number of terminal acetylenes is 1. The van der Waals surface area contributed by atoms with Crippen LogP contribution in [0.15, 0.2) is 54.6 Å². The monoisotopic (exact) mass is 560 g/mol. The minimum absolute atomic E-state index is 0.0535. The first-order valence-corrected chi connectivity index (χ1v) is 14.4. The second-order valence-electron chi connectivity index (χ2n) is 11.3. The van der Waals surface area contributed by atoms with Crippen LogP contribution in [0.25, 0.3) is 11.1 Å². The number of aliphatic carboxylic acids is 1. The Morgan fingerprint density at radius 3 is 2.12 bits per heavy atom.